The monoisotopic (exact) mass is 300 g/mol. The Morgan fingerprint density at radius 2 is 2.47 bits per heavy atom. The number of carbonyl (C=O) groups is 1. The highest BCUT2D eigenvalue weighted by Crippen LogP contribution is 2.28. The second-order valence-corrected chi connectivity index (χ2v) is 6.79. The van der Waals surface area contributed by atoms with Crippen LogP contribution in [0.1, 0.15) is 25.5 Å². The minimum Gasteiger partial charge on any atom is -0.469 e. The van der Waals surface area contributed by atoms with Gasteiger partial charge in [-0.05, 0) is 6.42 Å². The summed E-state index contributed by atoms with van der Waals surface area (Å²) in [5.74, 6) is 1.00. The third-order valence-electron chi connectivity index (χ3n) is 3.22. The van der Waals surface area contributed by atoms with Gasteiger partial charge in [-0.3, -0.25) is 4.79 Å². The van der Waals surface area contributed by atoms with Gasteiger partial charge in [-0.2, -0.15) is 11.8 Å². The van der Waals surface area contributed by atoms with Gasteiger partial charge in [-0.25, -0.2) is 4.98 Å². The van der Waals surface area contributed by atoms with Crippen molar-refractivity contribution in [2.75, 3.05) is 30.9 Å². The van der Waals surface area contributed by atoms with E-state index in [0.717, 1.165) is 29.2 Å². The molecule has 0 radical (unpaired) electrons. The van der Waals surface area contributed by atoms with Gasteiger partial charge in [-0.15, -0.1) is 11.3 Å². The standard InChI is InChI=1S/C13H20N2O2S2/c1-3-11-8-15(6-7-18-11)13-14-10(9-19-13)4-5-12(16)17-2/h9,11H,3-8H2,1-2H3. The fraction of sp³-hybridized carbons (Fsp3) is 0.692. The molecule has 0 saturated carbocycles. The molecule has 1 aromatic rings. The van der Waals surface area contributed by atoms with Crippen LogP contribution in [0.2, 0.25) is 0 Å². The molecule has 1 aliphatic rings. The van der Waals surface area contributed by atoms with Crippen molar-refractivity contribution in [2.45, 2.75) is 31.4 Å². The van der Waals surface area contributed by atoms with Crippen LogP contribution in [-0.4, -0.2) is 42.2 Å². The molecule has 6 heteroatoms. The molecule has 0 amide bonds. The molecule has 2 rings (SSSR count). The summed E-state index contributed by atoms with van der Waals surface area (Å²) in [6, 6.07) is 0. The molecule has 1 fully saturated rings. The number of esters is 1. The normalized spacial score (nSPS) is 19.5. The zero-order valence-electron chi connectivity index (χ0n) is 11.4. The second-order valence-electron chi connectivity index (χ2n) is 4.54. The Hall–Kier alpha value is -0.750. The van der Waals surface area contributed by atoms with Gasteiger partial charge in [0.2, 0.25) is 0 Å². The summed E-state index contributed by atoms with van der Waals surface area (Å²) in [6.45, 7) is 4.40. The summed E-state index contributed by atoms with van der Waals surface area (Å²) in [5.41, 5.74) is 0.997. The molecule has 1 atom stereocenters. The van der Waals surface area contributed by atoms with Crippen molar-refractivity contribution in [1.29, 1.82) is 0 Å². The summed E-state index contributed by atoms with van der Waals surface area (Å²) >= 11 is 3.74. The maximum atomic E-state index is 11.1. The van der Waals surface area contributed by atoms with Crippen LogP contribution in [0.3, 0.4) is 0 Å². The van der Waals surface area contributed by atoms with Gasteiger partial charge in [0.1, 0.15) is 0 Å². The van der Waals surface area contributed by atoms with Crippen molar-refractivity contribution < 1.29 is 9.53 Å². The molecular formula is C13H20N2O2S2. The van der Waals surface area contributed by atoms with Crippen molar-refractivity contribution in [3.05, 3.63) is 11.1 Å². The summed E-state index contributed by atoms with van der Waals surface area (Å²) in [5, 5.41) is 3.87. The Kier molecular flexibility index (Phi) is 5.51. The van der Waals surface area contributed by atoms with E-state index >= 15 is 0 Å². The molecule has 1 aliphatic heterocycles. The lowest BCUT2D eigenvalue weighted by molar-refractivity contribution is -0.140. The number of aryl methyl sites for hydroxylation is 1. The lowest BCUT2D eigenvalue weighted by Gasteiger charge is -2.31. The van der Waals surface area contributed by atoms with Gasteiger partial charge < -0.3 is 9.64 Å². The largest absolute Gasteiger partial charge is 0.469 e. The van der Waals surface area contributed by atoms with Crippen LogP contribution in [0.25, 0.3) is 0 Å². The summed E-state index contributed by atoms with van der Waals surface area (Å²) in [4.78, 5) is 18.1. The number of thioether (sulfide) groups is 1. The quantitative estimate of drug-likeness (QED) is 0.782. The number of hydrogen-bond donors (Lipinski definition) is 0. The van der Waals surface area contributed by atoms with Gasteiger partial charge in [0.05, 0.1) is 19.2 Å². The summed E-state index contributed by atoms with van der Waals surface area (Å²) in [7, 11) is 1.42. The van der Waals surface area contributed by atoms with E-state index in [4.69, 9.17) is 0 Å². The molecule has 19 heavy (non-hydrogen) atoms. The molecular weight excluding hydrogens is 280 g/mol. The fourth-order valence-corrected chi connectivity index (χ4v) is 4.11. The number of rotatable bonds is 5. The van der Waals surface area contributed by atoms with Crippen LogP contribution in [-0.2, 0) is 16.0 Å². The number of ether oxygens (including phenoxy) is 1. The summed E-state index contributed by atoms with van der Waals surface area (Å²) in [6.07, 6.45) is 2.29. The number of nitrogens with zero attached hydrogens (tertiary/aromatic N) is 2. The topological polar surface area (TPSA) is 42.4 Å². The third kappa shape index (κ3) is 4.11. The van der Waals surface area contributed by atoms with Crippen molar-refractivity contribution >= 4 is 34.2 Å². The maximum Gasteiger partial charge on any atom is 0.305 e. The van der Waals surface area contributed by atoms with Gasteiger partial charge in [0.15, 0.2) is 5.13 Å². The van der Waals surface area contributed by atoms with Crippen LogP contribution in [0, 0.1) is 0 Å². The Labute approximate surface area is 122 Å². The zero-order chi connectivity index (χ0) is 13.7. The fourth-order valence-electron chi connectivity index (χ4n) is 2.03. The number of aromatic nitrogens is 1. The van der Waals surface area contributed by atoms with Crippen LogP contribution in [0.4, 0.5) is 5.13 Å². The highest BCUT2D eigenvalue weighted by Gasteiger charge is 2.21. The van der Waals surface area contributed by atoms with Gasteiger partial charge in [0.25, 0.3) is 0 Å². The number of methoxy groups -OCH3 is 1. The number of thiazole rings is 1. The third-order valence-corrected chi connectivity index (χ3v) is 5.54. The van der Waals surface area contributed by atoms with E-state index in [2.05, 4.69) is 38.7 Å². The molecule has 2 heterocycles. The van der Waals surface area contributed by atoms with Crippen molar-refractivity contribution in [3.8, 4) is 0 Å². The smallest absolute Gasteiger partial charge is 0.305 e. The van der Waals surface area contributed by atoms with E-state index in [9.17, 15) is 4.79 Å². The van der Waals surface area contributed by atoms with E-state index < -0.39 is 0 Å². The molecule has 1 unspecified atom stereocenters. The van der Waals surface area contributed by atoms with Gasteiger partial charge in [0, 0.05) is 35.9 Å². The van der Waals surface area contributed by atoms with Crippen molar-refractivity contribution in [3.63, 3.8) is 0 Å². The number of anilines is 1. The minimum absolute atomic E-state index is 0.171. The Morgan fingerprint density at radius 3 is 3.21 bits per heavy atom. The predicted octanol–water partition coefficient (Wildman–Crippen LogP) is 2.58. The molecule has 106 valence electrons. The molecule has 4 nitrogen and oxygen atoms in total. The van der Waals surface area contributed by atoms with E-state index in [1.807, 2.05) is 0 Å². The predicted molar refractivity (Wildman–Crippen MR) is 81.2 cm³/mol. The molecule has 1 aromatic heterocycles. The molecule has 0 aromatic carbocycles. The number of carbonyl (C=O) groups excluding carboxylic acids is 1. The first-order valence-corrected chi connectivity index (χ1v) is 8.53. The highest BCUT2D eigenvalue weighted by atomic mass is 32.2. The Bertz CT molecular complexity index is 423. The molecule has 0 spiro atoms. The second kappa shape index (κ2) is 7.14. The molecule has 0 aliphatic carbocycles. The Morgan fingerprint density at radius 1 is 1.63 bits per heavy atom. The van der Waals surface area contributed by atoms with Crippen LogP contribution in [0.5, 0.6) is 0 Å². The molecule has 0 bridgehead atoms. The maximum absolute atomic E-state index is 11.1. The van der Waals surface area contributed by atoms with Crippen molar-refractivity contribution in [2.24, 2.45) is 0 Å². The average Bonchev–Trinajstić information content (AvgIpc) is 2.93. The van der Waals surface area contributed by atoms with E-state index in [0.29, 0.717) is 12.8 Å². The van der Waals surface area contributed by atoms with Crippen molar-refractivity contribution in [1.82, 2.24) is 4.98 Å². The molecule has 1 saturated heterocycles. The lowest BCUT2D eigenvalue weighted by atomic mass is 10.2. The van der Waals surface area contributed by atoms with E-state index in [1.54, 1.807) is 11.3 Å². The number of hydrogen-bond acceptors (Lipinski definition) is 6. The highest BCUT2D eigenvalue weighted by molar-refractivity contribution is 8.00. The molecule has 0 N–H and O–H groups in total. The minimum atomic E-state index is -0.171. The first kappa shape index (κ1) is 14.7. The zero-order valence-corrected chi connectivity index (χ0v) is 13.1. The van der Waals surface area contributed by atoms with Crippen LogP contribution in [0.15, 0.2) is 5.38 Å². The van der Waals surface area contributed by atoms with Crippen LogP contribution < -0.4 is 4.90 Å². The SMILES string of the molecule is CCC1CN(c2nc(CCC(=O)OC)cs2)CCS1. The van der Waals surface area contributed by atoms with E-state index in [-0.39, 0.29) is 5.97 Å². The van der Waals surface area contributed by atoms with Crippen LogP contribution >= 0.6 is 23.1 Å². The average molecular weight is 300 g/mol. The lowest BCUT2D eigenvalue weighted by Crippen LogP contribution is -2.37. The Balaban J connectivity index is 1.91. The first-order chi connectivity index (χ1) is 9.22. The van der Waals surface area contributed by atoms with Gasteiger partial charge >= 0.3 is 5.97 Å². The summed E-state index contributed by atoms with van der Waals surface area (Å²) < 4.78 is 4.65. The van der Waals surface area contributed by atoms with Gasteiger partial charge in [-0.1, -0.05) is 6.92 Å². The van der Waals surface area contributed by atoms with E-state index in [1.165, 1.54) is 19.3 Å². The first-order valence-electron chi connectivity index (χ1n) is 6.60.